The van der Waals surface area contributed by atoms with E-state index in [0.717, 1.165) is 54.8 Å². The fourth-order valence-corrected chi connectivity index (χ4v) is 15.8. The van der Waals surface area contributed by atoms with E-state index >= 15 is 8.78 Å². The summed E-state index contributed by atoms with van der Waals surface area (Å²) in [5, 5.41) is 36.3. The maximum Gasteiger partial charge on any atom is 0.247 e. The lowest BCUT2D eigenvalue weighted by atomic mass is 9.76. The van der Waals surface area contributed by atoms with Gasteiger partial charge in [0.1, 0.15) is 34.4 Å². The van der Waals surface area contributed by atoms with Gasteiger partial charge in [-0.15, -0.1) is 11.3 Å². The van der Waals surface area contributed by atoms with Crippen molar-refractivity contribution in [2.75, 3.05) is 58.6 Å². The fourth-order valence-electron chi connectivity index (χ4n) is 12.9. The Morgan fingerprint density at radius 3 is 1.43 bits per heavy atom. The van der Waals surface area contributed by atoms with Crippen LogP contribution in [0.3, 0.4) is 0 Å². The number of carbonyl (C=O) groups excluding carboxylic acids is 3. The summed E-state index contributed by atoms with van der Waals surface area (Å²) in [6.07, 6.45) is 19.2. The van der Waals surface area contributed by atoms with E-state index in [1.807, 2.05) is 31.4 Å². The minimum Gasteiger partial charge on any atom is -0.495 e. The molecule has 0 radical (unpaired) electrons. The third-order valence-corrected chi connectivity index (χ3v) is 21.4. The standard InChI is InChI=1S/C27H28Cl2N4O3.C26H24F2N4O4.C25H24Cl2N4O4S/c1-7-23(34)31-20-14-33(4)32-19(20)11-18-10-15-8-17(9-16(15)13-30-18)27(2,3)24-25(28)21(35-5)12-22(36-6)26(24)29;1-5-22(33)30-17-13-32(2)31-16(17)10-15-8-14-9-21(36-20(14)12-29-15)26(6-7-26)23-24(27)18(34-3)11-19(35-4)25(23)28;1-6-21(32)29-16-12-31(3)30-15(16)9-14-7-13-8-20(36-19(13)11-28-14)25(2,33)22-23(26)17(34-4)10-18(35-5)24(22)27/h7-8,10,12-14H,1,9,11H2,2-6H3,(H,31,34);5,8-9,11-13H,1,6-7,10H2,2-4H3,(H,30,33);6-8,10-12,33H,1,9H2,2-5H3,(H,29,32). The number of hydrogen-bond donors (Lipinski definition) is 4. The molecule has 0 saturated heterocycles. The number of benzene rings is 3. The predicted molar refractivity (Wildman–Crippen MR) is 414 cm³/mol. The van der Waals surface area contributed by atoms with Crippen LogP contribution in [0.2, 0.25) is 20.1 Å². The quantitative estimate of drug-likeness (QED) is 0.0410. The summed E-state index contributed by atoms with van der Waals surface area (Å²) in [6.45, 7) is 16.3. The maximum absolute atomic E-state index is 15.3. The summed E-state index contributed by atoms with van der Waals surface area (Å²) in [6, 6.07) is 14.0. The van der Waals surface area contributed by atoms with E-state index < -0.39 is 28.1 Å². The molecule has 0 bridgehead atoms. The first-order valence-electron chi connectivity index (χ1n) is 33.3. The molecule has 108 heavy (non-hydrogen) atoms. The van der Waals surface area contributed by atoms with Gasteiger partial charge in [0.25, 0.3) is 0 Å². The third-order valence-electron chi connectivity index (χ3n) is 18.6. The van der Waals surface area contributed by atoms with E-state index in [2.05, 4.69) is 91.9 Å². The number of nitrogens with zero attached hydrogens (tertiary/aromatic N) is 9. The molecule has 0 aliphatic heterocycles. The average molecular weight is 1570 g/mol. The van der Waals surface area contributed by atoms with E-state index in [0.29, 0.717) is 122 Å². The molecule has 4 N–H and O–H groups in total. The summed E-state index contributed by atoms with van der Waals surface area (Å²) in [5.74, 6) is -0.511. The van der Waals surface area contributed by atoms with Crippen molar-refractivity contribution in [2.45, 2.75) is 75.7 Å². The average Bonchev–Trinajstić information content (AvgIpc) is 1.54. The first kappa shape index (κ1) is 78.5. The SMILES string of the molecule is C=CC(=O)Nc1cn(C)nc1Cc1cc2c(cn1)CC(C(C)(C)c1c(Cl)c(OC)cc(OC)c1Cl)=C2.C=CC(=O)Nc1cn(C)nc1Cc1cc2cc(C(C)(O)c3c(Cl)c(OC)cc(OC)c3Cl)sc2cn1.C=CC(=O)Nc1cn(C)nc1Cc1cc2cc(C3(c4c(F)c(OC)cc(OC)c4F)CC3)oc2cn1. The lowest BCUT2D eigenvalue weighted by Crippen LogP contribution is -2.23. The van der Waals surface area contributed by atoms with Crippen LogP contribution in [0.15, 0.2) is 134 Å². The molecule has 2 aliphatic rings. The summed E-state index contributed by atoms with van der Waals surface area (Å²) in [4.78, 5) is 49.6. The van der Waals surface area contributed by atoms with Gasteiger partial charge in [0.2, 0.25) is 17.7 Å². The van der Waals surface area contributed by atoms with Gasteiger partial charge in [0.15, 0.2) is 28.7 Å². The molecule has 3 amide bonds. The largest absolute Gasteiger partial charge is 0.495 e. The number of rotatable bonds is 24. The van der Waals surface area contributed by atoms with Crippen molar-refractivity contribution >= 4 is 120 Å². The van der Waals surface area contributed by atoms with Crippen LogP contribution < -0.4 is 44.4 Å². The number of halogens is 6. The van der Waals surface area contributed by atoms with Gasteiger partial charge in [-0.05, 0) is 91.3 Å². The maximum atomic E-state index is 15.3. The van der Waals surface area contributed by atoms with Crippen molar-refractivity contribution in [1.29, 1.82) is 0 Å². The highest BCUT2D eigenvalue weighted by Crippen LogP contribution is 2.58. The van der Waals surface area contributed by atoms with Gasteiger partial charge in [0, 0.05) is 139 Å². The molecule has 3 aromatic carbocycles. The summed E-state index contributed by atoms with van der Waals surface area (Å²) in [7, 11) is 14.1. The molecular weight excluding hydrogens is 1490 g/mol. The van der Waals surface area contributed by atoms with Crippen LogP contribution in [0, 0.1) is 11.6 Å². The van der Waals surface area contributed by atoms with Crippen molar-refractivity contribution in [3.8, 4) is 34.5 Å². The van der Waals surface area contributed by atoms with Gasteiger partial charge in [-0.1, -0.05) is 91.6 Å². The molecule has 11 aromatic rings. The van der Waals surface area contributed by atoms with E-state index in [9.17, 15) is 19.5 Å². The van der Waals surface area contributed by atoms with Gasteiger partial charge in [-0.2, -0.15) is 15.3 Å². The lowest BCUT2D eigenvalue weighted by molar-refractivity contribution is -0.112. The van der Waals surface area contributed by atoms with Crippen molar-refractivity contribution in [1.82, 2.24) is 44.3 Å². The first-order chi connectivity index (χ1) is 51.5. The molecule has 30 heteroatoms. The van der Waals surface area contributed by atoms with E-state index in [4.69, 9.17) is 79.2 Å². The number of allylic oxidation sites excluding steroid dienone is 1. The summed E-state index contributed by atoms with van der Waals surface area (Å²) in [5.41, 5.74) is 7.86. The highest BCUT2D eigenvalue weighted by Gasteiger charge is 2.53. The Bertz CT molecular complexity index is 5130. The Hall–Kier alpha value is -10.6. The number of anilines is 3. The molecule has 8 heterocycles. The lowest BCUT2D eigenvalue weighted by Gasteiger charge is -2.30. The third kappa shape index (κ3) is 15.9. The van der Waals surface area contributed by atoms with E-state index in [1.165, 1.54) is 64.1 Å². The minimum absolute atomic E-state index is 0.0932. The predicted octanol–water partition coefficient (Wildman–Crippen LogP) is 15.7. The molecule has 1 atom stereocenters. The number of furan rings is 1. The molecule has 1 saturated carbocycles. The Morgan fingerprint density at radius 1 is 0.583 bits per heavy atom. The molecular formula is C78H76Cl4F2N12O11S. The van der Waals surface area contributed by atoms with Crippen molar-refractivity contribution in [3.63, 3.8) is 0 Å². The van der Waals surface area contributed by atoms with Crippen molar-refractivity contribution < 1.29 is 61.1 Å². The topological polar surface area (TPSA) is 268 Å². The Kier molecular flexibility index (Phi) is 23.3. The highest BCUT2D eigenvalue weighted by atomic mass is 35.5. The number of thiophene rings is 1. The van der Waals surface area contributed by atoms with Crippen LogP contribution in [0.4, 0.5) is 25.8 Å². The summed E-state index contributed by atoms with van der Waals surface area (Å²) < 4.78 is 74.3. The zero-order valence-electron chi connectivity index (χ0n) is 61.0. The number of fused-ring (bicyclic) bond motifs is 3. The number of ether oxygens (including phenoxy) is 6. The van der Waals surface area contributed by atoms with Crippen LogP contribution >= 0.6 is 57.7 Å². The van der Waals surface area contributed by atoms with E-state index in [-0.39, 0.29) is 50.4 Å². The van der Waals surface area contributed by atoms with Crippen LogP contribution in [-0.4, -0.2) is 110 Å². The second-order valence-corrected chi connectivity index (χ2v) is 28.7. The number of aliphatic hydroxyl groups is 1. The number of aryl methyl sites for hydroxylation is 3. The number of hydrogen-bond acceptors (Lipinski definition) is 18. The van der Waals surface area contributed by atoms with Crippen LogP contribution in [0.5, 0.6) is 34.5 Å². The Morgan fingerprint density at radius 2 is 0.991 bits per heavy atom. The molecule has 562 valence electrons. The Balaban J connectivity index is 0.000000161. The smallest absolute Gasteiger partial charge is 0.247 e. The summed E-state index contributed by atoms with van der Waals surface area (Å²) >= 11 is 28.0. The van der Waals surface area contributed by atoms with Crippen LogP contribution in [-0.2, 0) is 77.6 Å². The number of pyridine rings is 3. The fraction of sp³-hybridized carbons (Fsp3) is 0.269. The minimum atomic E-state index is -1.54. The molecule has 2 aliphatic carbocycles. The zero-order valence-corrected chi connectivity index (χ0v) is 64.8. The van der Waals surface area contributed by atoms with Gasteiger partial charge in [-0.3, -0.25) is 43.4 Å². The van der Waals surface area contributed by atoms with Crippen LogP contribution in [0.1, 0.15) is 106 Å². The number of carbonyl (C=O) groups is 3. The van der Waals surface area contributed by atoms with Gasteiger partial charge in [0.05, 0.1) is 113 Å². The molecule has 8 aromatic heterocycles. The molecule has 1 unspecified atom stereocenters. The molecule has 23 nitrogen and oxygen atoms in total. The van der Waals surface area contributed by atoms with Gasteiger partial charge >= 0.3 is 0 Å². The number of methoxy groups -OCH3 is 6. The molecule has 13 rings (SSSR count). The van der Waals surface area contributed by atoms with Crippen molar-refractivity contribution in [2.24, 2.45) is 21.1 Å². The van der Waals surface area contributed by atoms with E-state index in [1.54, 1.807) is 98.5 Å². The van der Waals surface area contributed by atoms with Crippen molar-refractivity contribution in [3.05, 3.63) is 234 Å². The number of nitrogens with one attached hydrogen (secondary N) is 3. The highest BCUT2D eigenvalue weighted by molar-refractivity contribution is 7.19. The van der Waals surface area contributed by atoms with Crippen LogP contribution in [0.25, 0.3) is 27.1 Å². The normalized spacial score (nSPS) is 13.2. The number of amides is 3. The number of aromatic nitrogens is 9. The second kappa shape index (κ2) is 32.1. The monoisotopic (exact) mass is 1570 g/mol. The molecule has 1 fully saturated rings. The second-order valence-electron chi connectivity index (χ2n) is 26.1. The molecule has 0 spiro atoms. The zero-order chi connectivity index (χ0) is 78.0. The first-order valence-corrected chi connectivity index (χ1v) is 35.7. The Labute approximate surface area is 644 Å². The van der Waals surface area contributed by atoms with Gasteiger partial charge in [-0.25, -0.2) is 8.78 Å². The van der Waals surface area contributed by atoms with Gasteiger partial charge < -0.3 is 53.9 Å².